The Kier molecular flexibility index (Phi) is 10.3. The number of hydrogen-bond donors (Lipinski definition) is 3. The molecule has 0 aromatic heterocycles. The summed E-state index contributed by atoms with van der Waals surface area (Å²) in [5, 5.41) is 10.1. The molecule has 1 aromatic carbocycles. The summed E-state index contributed by atoms with van der Waals surface area (Å²) in [7, 11) is 0. The van der Waals surface area contributed by atoms with Gasteiger partial charge in [-0.05, 0) is 43.9 Å². The van der Waals surface area contributed by atoms with Crippen molar-refractivity contribution in [1.29, 1.82) is 0 Å². The van der Waals surface area contributed by atoms with Crippen LogP contribution in [0.3, 0.4) is 0 Å². The number of aliphatic imine (C=N–C) groups is 1. The van der Waals surface area contributed by atoms with Crippen molar-refractivity contribution in [2.24, 2.45) is 4.99 Å². The van der Waals surface area contributed by atoms with Crippen LogP contribution in [0.4, 0.5) is 0 Å². The second-order valence-electron chi connectivity index (χ2n) is 6.51. The van der Waals surface area contributed by atoms with E-state index < -0.39 is 0 Å². The summed E-state index contributed by atoms with van der Waals surface area (Å²) in [6.45, 7) is 6.90. The number of rotatable bonds is 9. The minimum atomic E-state index is 0. The van der Waals surface area contributed by atoms with Gasteiger partial charge in [0, 0.05) is 36.5 Å². The van der Waals surface area contributed by atoms with E-state index >= 15 is 0 Å². The van der Waals surface area contributed by atoms with Crippen molar-refractivity contribution in [3.05, 3.63) is 34.9 Å². The zero-order valence-corrected chi connectivity index (χ0v) is 18.7. The fraction of sp³-hybridized carbons (Fsp3) is 0.579. The quantitative estimate of drug-likeness (QED) is 0.281. The molecule has 2 rings (SSSR count). The van der Waals surface area contributed by atoms with Crippen LogP contribution in [-0.4, -0.2) is 38.0 Å². The highest BCUT2D eigenvalue weighted by atomic mass is 127. The molecule has 7 heteroatoms. The van der Waals surface area contributed by atoms with Crippen LogP contribution in [-0.2, 0) is 10.2 Å². The van der Waals surface area contributed by atoms with Crippen LogP contribution < -0.4 is 16.0 Å². The van der Waals surface area contributed by atoms with Gasteiger partial charge in [-0.15, -0.1) is 24.0 Å². The van der Waals surface area contributed by atoms with Crippen molar-refractivity contribution >= 4 is 47.4 Å². The van der Waals surface area contributed by atoms with Gasteiger partial charge in [-0.2, -0.15) is 0 Å². The van der Waals surface area contributed by atoms with E-state index in [-0.39, 0.29) is 35.3 Å². The van der Waals surface area contributed by atoms with Crippen LogP contribution >= 0.6 is 35.6 Å². The van der Waals surface area contributed by atoms with Crippen molar-refractivity contribution in [2.75, 3.05) is 26.2 Å². The smallest absolute Gasteiger partial charge is 0.221 e. The Bertz CT molecular complexity index is 605. The Labute approximate surface area is 178 Å². The summed E-state index contributed by atoms with van der Waals surface area (Å²) in [5.74, 6) is 0.835. The Morgan fingerprint density at radius 3 is 2.58 bits per heavy atom. The number of guanidine groups is 1. The van der Waals surface area contributed by atoms with Gasteiger partial charge in [0.2, 0.25) is 5.91 Å². The molecule has 26 heavy (non-hydrogen) atoms. The van der Waals surface area contributed by atoms with Crippen LogP contribution in [0.25, 0.3) is 0 Å². The molecule has 3 N–H and O–H groups in total. The first-order valence-corrected chi connectivity index (χ1v) is 9.52. The highest BCUT2D eigenvalue weighted by Crippen LogP contribution is 2.48. The van der Waals surface area contributed by atoms with E-state index in [9.17, 15) is 4.79 Å². The summed E-state index contributed by atoms with van der Waals surface area (Å²) in [5.41, 5.74) is 1.38. The fourth-order valence-corrected chi connectivity index (χ4v) is 2.92. The maximum absolute atomic E-state index is 11.7. The van der Waals surface area contributed by atoms with Gasteiger partial charge in [0.15, 0.2) is 5.96 Å². The van der Waals surface area contributed by atoms with Crippen molar-refractivity contribution in [1.82, 2.24) is 16.0 Å². The first-order chi connectivity index (χ1) is 12.1. The second-order valence-corrected chi connectivity index (χ2v) is 6.95. The van der Waals surface area contributed by atoms with Gasteiger partial charge in [-0.1, -0.05) is 30.7 Å². The highest BCUT2D eigenvalue weighted by molar-refractivity contribution is 14.0. The number of nitrogens with zero attached hydrogens (tertiary/aromatic N) is 1. The Hall–Kier alpha value is -1.02. The van der Waals surface area contributed by atoms with E-state index in [2.05, 4.69) is 22.0 Å². The lowest BCUT2D eigenvalue weighted by molar-refractivity contribution is -0.120. The van der Waals surface area contributed by atoms with E-state index in [1.165, 1.54) is 5.56 Å². The van der Waals surface area contributed by atoms with Crippen LogP contribution in [0.1, 0.15) is 45.1 Å². The zero-order valence-electron chi connectivity index (χ0n) is 15.6. The number of carbonyl (C=O) groups excluding carboxylic acids is 1. The first kappa shape index (κ1) is 23.0. The van der Waals surface area contributed by atoms with Gasteiger partial charge in [0.1, 0.15) is 0 Å². The van der Waals surface area contributed by atoms with Gasteiger partial charge < -0.3 is 16.0 Å². The zero-order chi connectivity index (χ0) is 18.1. The largest absolute Gasteiger partial charge is 0.357 e. The summed E-state index contributed by atoms with van der Waals surface area (Å²) in [6, 6.07) is 8.08. The van der Waals surface area contributed by atoms with Gasteiger partial charge in [0.25, 0.3) is 0 Å². The van der Waals surface area contributed by atoms with Crippen molar-refractivity contribution in [2.45, 2.75) is 44.9 Å². The molecule has 0 radical (unpaired) electrons. The summed E-state index contributed by atoms with van der Waals surface area (Å²) in [4.78, 5) is 16.4. The number of nitrogens with one attached hydrogen (secondary N) is 3. The molecule has 0 spiro atoms. The van der Waals surface area contributed by atoms with Crippen LogP contribution in [0.5, 0.6) is 0 Å². The minimum Gasteiger partial charge on any atom is -0.357 e. The predicted octanol–water partition coefficient (Wildman–Crippen LogP) is 3.46. The number of carbonyl (C=O) groups is 1. The van der Waals surface area contributed by atoms with Gasteiger partial charge >= 0.3 is 0 Å². The van der Waals surface area contributed by atoms with Gasteiger partial charge in [-0.3, -0.25) is 9.79 Å². The van der Waals surface area contributed by atoms with Crippen LogP contribution in [0, 0.1) is 0 Å². The van der Waals surface area contributed by atoms with E-state index in [1.807, 2.05) is 32.0 Å². The number of benzene rings is 1. The molecule has 0 heterocycles. The van der Waals surface area contributed by atoms with E-state index in [4.69, 9.17) is 16.6 Å². The van der Waals surface area contributed by atoms with E-state index in [0.717, 1.165) is 49.9 Å². The predicted molar refractivity (Wildman–Crippen MR) is 120 cm³/mol. The normalized spacial score (nSPS) is 15.0. The second kappa shape index (κ2) is 11.6. The molecule has 1 aromatic rings. The third-order valence-corrected chi connectivity index (χ3v) is 4.63. The third kappa shape index (κ3) is 7.31. The Morgan fingerprint density at radius 1 is 1.19 bits per heavy atom. The molecule has 1 aliphatic rings. The molecule has 1 fully saturated rings. The monoisotopic (exact) mass is 492 g/mol. The van der Waals surface area contributed by atoms with Crippen molar-refractivity contribution in [3.8, 4) is 0 Å². The number of hydrogen-bond acceptors (Lipinski definition) is 2. The van der Waals surface area contributed by atoms with Gasteiger partial charge in [-0.25, -0.2) is 0 Å². The summed E-state index contributed by atoms with van der Waals surface area (Å²) in [6.07, 6.45) is 3.67. The molecule has 1 aliphatic carbocycles. The molecule has 0 saturated heterocycles. The summed E-state index contributed by atoms with van der Waals surface area (Å²) >= 11 is 6.13. The first-order valence-electron chi connectivity index (χ1n) is 9.14. The molecule has 0 unspecified atom stereocenters. The minimum absolute atomic E-state index is 0. The maximum atomic E-state index is 11.7. The molecule has 0 atom stereocenters. The lowest BCUT2D eigenvalue weighted by Crippen LogP contribution is -2.40. The Balaban J connectivity index is 0.00000338. The molecule has 146 valence electrons. The third-order valence-electron chi connectivity index (χ3n) is 4.39. The number of amides is 1. The summed E-state index contributed by atoms with van der Waals surface area (Å²) < 4.78 is 0. The molecular weight excluding hydrogens is 463 g/mol. The number of halogens is 2. The molecule has 5 nitrogen and oxygen atoms in total. The molecule has 0 bridgehead atoms. The SMILES string of the molecule is CCCNC(=O)CCNC(=NCC1(c2cccc(Cl)c2)CC1)NCC.I. The fourth-order valence-electron chi connectivity index (χ4n) is 2.73. The van der Waals surface area contributed by atoms with Crippen LogP contribution in [0.15, 0.2) is 29.3 Å². The Morgan fingerprint density at radius 2 is 1.96 bits per heavy atom. The van der Waals surface area contributed by atoms with E-state index in [1.54, 1.807) is 0 Å². The average Bonchev–Trinajstić information content (AvgIpc) is 3.39. The van der Waals surface area contributed by atoms with Crippen molar-refractivity contribution < 1.29 is 4.79 Å². The standard InChI is InChI=1S/C19H29ClN4O.HI/c1-3-11-22-17(25)8-12-23-18(21-4-2)24-14-19(9-10-19)15-6-5-7-16(20)13-15;/h5-7,13H,3-4,8-12,14H2,1-2H3,(H,22,25)(H2,21,23,24);1H. The highest BCUT2D eigenvalue weighted by Gasteiger charge is 2.44. The van der Waals surface area contributed by atoms with Crippen molar-refractivity contribution in [3.63, 3.8) is 0 Å². The van der Waals surface area contributed by atoms with E-state index in [0.29, 0.717) is 13.0 Å². The lowest BCUT2D eigenvalue weighted by Gasteiger charge is -2.16. The average molecular weight is 493 g/mol. The van der Waals surface area contributed by atoms with Crippen LogP contribution in [0.2, 0.25) is 5.02 Å². The maximum Gasteiger partial charge on any atom is 0.221 e. The topological polar surface area (TPSA) is 65.5 Å². The molecular formula is C19H30ClIN4O. The molecule has 1 amide bonds. The van der Waals surface area contributed by atoms with Gasteiger partial charge in [0.05, 0.1) is 6.54 Å². The molecule has 1 saturated carbocycles. The molecule has 0 aliphatic heterocycles. The lowest BCUT2D eigenvalue weighted by atomic mass is 9.96.